The maximum absolute atomic E-state index is 5.42. The van der Waals surface area contributed by atoms with Crippen molar-refractivity contribution < 1.29 is 4.74 Å². The van der Waals surface area contributed by atoms with E-state index in [2.05, 4.69) is 20.8 Å². The van der Waals surface area contributed by atoms with E-state index in [1.54, 1.807) is 0 Å². The van der Waals surface area contributed by atoms with E-state index in [9.17, 15) is 0 Å². The fourth-order valence-electron chi connectivity index (χ4n) is 1.23. The maximum atomic E-state index is 5.42. The molecule has 0 spiro atoms. The summed E-state index contributed by atoms with van der Waals surface area (Å²) in [7, 11) is 0. The molecule has 0 aromatic rings. The van der Waals surface area contributed by atoms with Gasteiger partial charge in [0.15, 0.2) is 0 Å². The SMILES string of the molecule is CCCCCC[C@H](C)OCC. The molecule has 0 heterocycles. The Bertz CT molecular complexity index is 71.3. The van der Waals surface area contributed by atoms with Crippen molar-refractivity contribution in [3.8, 4) is 0 Å². The van der Waals surface area contributed by atoms with E-state index in [1.165, 1.54) is 32.1 Å². The van der Waals surface area contributed by atoms with Gasteiger partial charge in [0, 0.05) is 6.61 Å². The van der Waals surface area contributed by atoms with E-state index < -0.39 is 0 Å². The van der Waals surface area contributed by atoms with Gasteiger partial charge in [0.25, 0.3) is 0 Å². The van der Waals surface area contributed by atoms with Crippen LogP contribution in [0.3, 0.4) is 0 Å². The highest BCUT2D eigenvalue weighted by Crippen LogP contribution is 2.07. The third kappa shape index (κ3) is 7.86. The molecule has 0 radical (unpaired) electrons. The summed E-state index contributed by atoms with van der Waals surface area (Å²) in [6, 6.07) is 0. The van der Waals surface area contributed by atoms with Crippen molar-refractivity contribution in [2.24, 2.45) is 0 Å². The molecule has 0 rings (SSSR count). The van der Waals surface area contributed by atoms with Gasteiger partial charge in [-0.05, 0) is 20.3 Å². The summed E-state index contributed by atoms with van der Waals surface area (Å²) in [6.07, 6.45) is 7.09. The number of hydrogen-bond acceptors (Lipinski definition) is 1. The number of unbranched alkanes of at least 4 members (excludes halogenated alkanes) is 3. The molecule has 1 heteroatoms. The van der Waals surface area contributed by atoms with Crippen LogP contribution >= 0.6 is 0 Å². The molecule has 0 N–H and O–H groups in total. The first-order valence-corrected chi connectivity index (χ1v) is 4.92. The van der Waals surface area contributed by atoms with Crippen LogP contribution in [0.5, 0.6) is 0 Å². The first-order valence-electron chi connectivity index (χ1n) is 4.92. The Kier molecular flexibility index (Phi) is 8.03. The van der Waals surface area contributed by atoms with Gasteiger partial charge in [0.1, 0.15) is 0 Å². The highest BCUT2D eigenvalue weighted by atomic mass is 16.5. The van der Waals surface area contributed by atoms with Crippen molar-refractivity contribution in [2.45, 2.75) is 59.0 Å². The Morgan fingerprint density at radius 2 is 1.82 bits per heavy atom. The first kappa shape index (κ1) is 11.0. The van der Waals surface area contributed by atoms with Crippen LogP contribution < -0.4 is 0 Å². The van der Waals surface area contributed by atoms with Crippen LogP contribution in [0.1, 0.15) is 52.9 Å². The highest BCUT2D eigenvalue weighted by molar-refractivity contribution is 4.50. The molecule has 0 unspecified atom stereocenters. The van der Waals surface area contributed by atoms with Gasteiger partial charge in [-0.2, -0.15) is 0 Å². The molecule has 1 atom stereocenters. The van der Waals surface area contributed by atoms with Gasteiger partial charge >= 0.3 is 0 Å². The largest absolute Gasteiger partial charge is 0.379 e. The van der Waals surface area contributed by atoms with Crippen LogP contribution in [0.25, 0.3) is 0 Å². The molecular formula is C10H22O. The fraction of sp³-hybridized carbons (Fsp3) is 1.00. The molecule has 0 aliphatic rings. The Morgan fingerprint density at radius 1 is 1.09 bits per heavy atom. The minimum absolute atomic E-state index is 0.469. The average molecular weight is 158 g/mol. The van der Waals surface area contributed by atoms with E-state index in [0.717, 1.165) is 6.61 Å². The Balaban J connectivity index is 2.97. The topological polar surface area (TPSA) is 9.23 Å². The summed E-state index contributed by atoms with van der Waals surface area (Å²) in [5.41, 5.74) is 0. The maximum Gasteiger partial charge on any atom is 0.0546 e. The summed E-state index contributed by atoms with van der Waals surface area (Å²) < 4.78 is 5.42. The van der Waals surface area contributed by atoms with Gasteiger partial charge in [0.2, 0.25) is 0 Å². The second-order valence-corrected chi connectivity index (χ2v) is 3.12. The van der Waals surface area contributed by atoms with Crippen molar-refractivity contribution in [3.63, 3.8) is 0 Å². The third-order valence-electron chi connectivity index (χ3n) is 1.92. The molecule has 1 nitrogen and oxygen atoms in total. The van der Waals surface area contributed by atoms with E-state index in [1.807, 2.05) is 0 Å². The summed E-state index contributed by atoms with van der Waals surface area (Å²) in [5, 5.41) is 0. The second-order valence-electron chi connectivity index (χ2n) is 3.12. The average Bonchev–Trinajstić information content (AvgIpc) is 1.99. The van der Waals surface area contributed by atoms with Gasteiger partial charge in [-0.25, -0.2) is 0 Å². The zero-order valence-corrected chi connectivity index (χ0v) is 8.23. The minimum atomic E-state index is 0.469. The molecule has 68 valence electrons. The fourth-order valence-corrected chi connectivity index (χ4v) is 1.23. The van der Waals surface area contributed by atoms with Gasteiger partial charge in [0.05, 0.1) is 6.10 Å². The van der Waals surface area contributed by atoms with E-state index in [0.29, 0.717) is 6.10 Å². The quantitative estimate of drug-likeness (QED) is 0.516. The summed E-state index contributed by atoms with van der Waals surface area (Å²) in [4.78, 5) is 0. The Labute approximate surface area is 71.1 Å². The first-order chi connectivity index (χ1) is 5.31. The summed E-state index contributed by atoms with van der Waals surface area (Å²) in [6.45, 7) is 7.32. The van der Waals surface area contributed by atoms with Crippen LogP contribution in [0, 0.1) is 0 Å². The zero-order valence-electron chi connectivity index (χ0n) is 8.23. The van der Waals surface area contributed by atoms with E-state index in [4.69, 9.17) is 4.74 Å². The highest BCUT2D eigenvalue weighted by Gasteiger charge is 1.98. The molecule has 0 amide bonds. The van der Waals surface area contributed by atoms with Gasteiger partial charge in [-0.15, -0.1) is 0 Å². The lowest BCUT2D eigenvalue weighted by Crippen LogP contribution is -2.07. The van der Waals surface area contributed by atoms with Crippen molar-refractivity contribution in [3.05, 3.63) is 0 Å². The van der Waals surface area contributed by atoms with E-state index >= 15 is 0 Å². The lowest BCUT2D eigenvalue weighted by atomic mass is 10.1. The second kappa shape index (κ2) is 8.06. The zero-order chi connectivity index (χ0) is 8.53. The lowest BCUT2D eigenvalue weighted by Gasteiger charge is -2.10. The third-order valence-corrected chi connectivity index (χ3v) is 1.92. The smallest absolute Gasteiger partial charge is 0.0546 e. The summed E-state index contributed by atoms with van der Waals surface area (Å²) >= 11 is 0. The molecule has 11 heavy (non-hydrogen) atoms. The molecule has 0 saturated carbocycles. The molecule has 0 aliphatic carbocycles. The van der Waals surface area contributed by atoms with Crippen molar-refractivity contribution in [2.75, 3.05) is 6.61 Å². The molecule has 0 saturated heterocycles. The van der Waals surface area contributed by atoms with Crippen molar-refractivity contribution in [1.29, 1.82) is 0 Å². The van der Waals surface area contributed by atoms with E-state index in [-0.39, 0.29) is 0 Å². The predicted molar refractivity (Wildman–Crippen MR) is 49.8 cm³/mol. The Hall–Kier alpha value is -0.0400. The monoisotopic (exact) mass is 158 g/mol. The lowest BCUT2D eigenvalue weighted by molar-refractivity contribution is 0.0684. The minimum Gasteiger partial charge on any atom is -0.379 e. The van der Waals surface area contributed by atoms with Crippen molar-refractivity contribution >= 4 is 0 Å². The molecular weight excluding hydrogens is 136 g/mol. The number of ether oxygens (including phenoxy) is 1. The molecule has 0 aliphatic heterocycles. The standard InChI is InChI=1S/C10H22O/c1-4-6-7-8-9-10(3)11-5-2/h10H,4-9H2,1-3H3/t10-/m0/s1. The summed E-state index contributed by atoms with van der Waals surface area (Å²) in [5.74, 6) is 0. The predicted octanol–water partition coefficient (Wildman–Crippen LogP) is 3.38. The molecule has 0 fully saturated rings. The number of hydrogen-bond donors (Lipinski definition) is 0. The Morgan fingerprint density at radius 3 is 2.36 bits per heavy atom. The van der Waals surface area contributed by atoms with Gasteiger partial charge in [-0.1, -0.05) is 32.6 Å². The van der Waals surface area contributed by atoms with Gasteiger partial charge < -0.3 is 4.74 Å². The molecule has 0 bridgehead atoms. The van der Waals surface area contributed by atoms with Crippen LogP contribution in [0.2, 0.25) is 0 Å². The van der Waals surface area contributed by atoms with Gasteiger partial charge in [-0.3, -0.25) is 0 Å². The van der Waals surface area contributed by atoms with Crippen LogP contribution in [0.15, 0.2) is 0 Å². The molecule has 0 aromatic heterocycles. The van der Waals surface area contributed by atoms with Crippen LogP contribution in [0.4, 0.5) is 0 Å². The number of rotatable bonds is 7. The van der Waals surface area contributed by atoms with Crippen LogP contribution in [-0.2, 0) is 4.74 Å². The molecule has 0 aromatic carbocycles. The van der Waals surface area contributed by atoms with Crippen LogP contribution in [-0.4, -0.2) is 12.7 Å². The van der Waals surface area contributed by atoms with Crippen molar-refractivity contribution in [1.82, 2.24) is 0 Å². The normalized spacial score (nSPS) is 13.4.